The minimum Gasteiger partial charge on any atom is -0.425 e. The van der Waals surface area contributed by atoms with Crippen molar-refractivity contribution in [2.24, 2.45) is 0 Å². The summed E-state index contributed by atoms with van der Waals surface area (Å²) >= 11 is 0. The van der Waals surface area contributed by atoms with Crippen LogP contribution in [0.25, 0.3) is 0 Å². The largest absolute Gasteiger partial charge is 0.425 e. The number of esters is 1. The monoisotopic (exact) mass is 196 g/mol. The highest BCUT2D eigenvalue weighted by Crippen LogP contribution is 2.05. The standard InChI is InChI=1S/C8H8N2O4/c1-5(12)14-6-2-7(8(13)4-11)10-9-3-6/h2-4,9-10H,1H3. The molecular formula is C8H8N2O4. The van der Waals surface area contributed by atoms with Crippen molar-refractivity contribution in [3.05, 3.63) is 23.7 Å². The van der Waals surface area contributed by atoms with Crippen LogP contribution in [-0.4, -0.2) is 18.0 Å². The van der Waals surface area contributed by atoms with Crippen LogP contribution in [-0.2, 0) is 19.1 Å². The van der Waals surface area contributed by atoms with Crippen molar-refractivity contribution in [2.75, 3.05) is 0 Å². The first kappa shape index (κ1) is 9.97. The quantitative estimate of drug-likeness (QED) is 0.347. The third-order valence-corrected chi connectivity index (χ3v) is 1.34. The minimum absolute atomic E-state index is 0.0266. The molecule has 0 bridgehead atoms. The fraction of sp³-hybridized carbons (Fsp3) is 0.125. The van der Waals surface area contributed by atoms with Gasteiger partial charge in [-0.05, 0) is 0 Å². The van der Waals surface area contributed by atoms with Gasteiger partial charge < -0.3 is 10.2 Å². The second kappa shape index (κ2) is 4.22. The Hall–Kier alpha value is -2.11. The summed E-state index contributed by atoms with van der Waals surface area (Å²) < 4.78 is 4.69. The van der Waals surface area contributed by atoms with E-state index in [1.165, 1.54) is 19.2 Å². The smallest absolute Gasteiger partial charge is 0.308 e. The lowest BCUT2D eigenvalue weighted by molar-refractivity contribution is -0.136. The van der Waals surface area contributed by atoms with Gasteiger partial charge in [0, 0.05) is 13.0 Å². The lowest BCUT2D eigenvalue weighted by atomic mass is 10.2. The van der Waals surface area contributed by atoms with Gasteiger partial charge in [0.2, 0.25) is 5.78 Å². The van der Waals surface area contributed by atoms with Gasteiger partial charge in [0.15, 0.2) is 12.0 Å². The van der Waals surface area contributed by atoms with E-state index in [-0.39, 0.29) is 17.7 Å². The zero-order chi connectivity index (χ0) is 10.6. The summed E-state index contributed by atoms with van der Waals surface area (Å²) in [5.41, 5.74) is 4.93. The molecule has 0 saturated heterocycles. The predicted octanol–water partition coefficient (Wildman–Crippen LogP) is -0.849. The molecule has 0 aromatic heterocycles. The number of hydrazine groups is 1. The average molecular weight is 196 g/mol. The molecule has 2 N–H and O–H groups in total. The van der Waals surface area contributed by atoms with Crippen LogP contribution in [0.3, 0.4) is 0 Å². The van der Waals surface area contributed by atoms with Crippen molar-refractivity contribution >= 4 is 18.0 Å². The van der Waals surface area contributed by atoms with Crippen molar-refractivity contribution in [2.45, 2.75) is 6.92 Å². The maximum Gasteiger partial charge on any atom is 0.308 e. The van der Waals surface area contributed by atoms with Crippen LogP contribution in [0.2, 0.25) is 0 Å². The van der Waals surface area contributed by atoms with E-state index in [9.17, 15) is 14.4 Å². The Morgan fingerprint density at radius 3 is 2.79 bits per heavy atom. The number of hydrogen-bond acceptors (Lipinski definition) is 6. The molecule has 74 valence electrons. The third-order valence-electron chi connectivity index (χ3n) is 1.34. The molecule has 14 heavy (non-hydrogen) atoms. The van der Waals surface area contributed by atoms with Crippen LogP contribution in [0.4, 0.5) is 0 Å². The minimum atomic E-state index is -0.727. The lowest BCUT2D eigenvalue weighted by Crippen LogP contribution is -2.34. The van der Waals surface area contributed by atoms with Crippen molar-refractivity contribution in [1.29, 1.82) is 0 Å². The number of carbonyl (C=O) groups is 3. The summed E-state index contributed by atoms with van der Waals surface area (Å²) in [5.74, 6) is -1.06. The van der Waals surface area contributed by atoms with Crippen LogP contribution in [0.1, 0.15) is 6.92 Å². The van der Waals surface area contributed by atoms with Gasteiger partial charge >= 0.3 is 5.97 Å². The van der Waals surface area contributed by atoms with Crippen molar-refractivity contribution < 1.29 is 19.1 Å². The van der Waals surface area contributed by atoms with E-state index in [1.807, 2.05) is 0 Å². The Balaban J connectivity index is 2.77. The van der Waals surface area contributed by atoms with E-state index < -0.39 is 11.8 Å². The highest BCUT2D eigenvalue weighted by atomic mass is 16.5. The lowest BCUT2D eigenvalue weighted by Gasteiger charge is -2.14. The fourth-order valence-corrected chi connectivity index (χ4v) is 0.826. The Kier molecular flexibility index (Phi) is 3.01. The molecule has 6 heteroatoms. The molecule has 0 fully saturated rings. The predicted molar refractivity (Wildman–Crippen MR) is 45.3 cm³/mol. The maximum absolute atomic E-state index is 10.9. The topological polar surface area (TPSA) is 84.5 Å². The Bertz CT molecular complexity index is 343. The number of aldehydes is 1. The van der Waals surface area contributed by atoms with Gasteiger partial charge in [0.1, 0.15) is 5.70 Å². The van der Waals surface area contributed by atoms with Crippen molar-refractivity contribution in [1.82, 2.24) is 10.9 Å². The van der Waals surface area contributed by atoms with Crippen LogP contribution in [0.15, 0.2) is 23.7 Å². The first-order valence-corrected chi connectivity index (χ1v) is 3.75. The van der Waals surface area contributed by atoms with Gasteiger partial charge in [-0.25, -0.2) is 0 Å². The number of carbonyl (C=O) groups excluding carboxylic acids is 3. The van der Waals surface area contributed by atoms with E-state index in [1.54, 1.807) is 0 Å². The summed E-state index contributed by atoms with van der Waals surface area (Å²) in [7, 11) is 0. The fourth-order valence-electron chi connectivity index (χ4n) is 0.826. The van der Waals surface area contributed by atoms with Crippen molar-refractivity contribution in [3.8, 4) is 0 Å². The second-order valence-corrected chi connectivity index (χ2v) is 2.45. The highest BCUT2D eigenvalue weighted by Gasteiger charge is 2.13. The number of hydrogen-bond donors (Lipinski definition) is 2. The Morgan fingerprint density at radius 1 is 1.50 bits per heavy atom. The average Bonchev–Trinajstić information content (AvgIpc) is 2.16. The van der Waals surface area contributed by atoms with E-state index in [0.29, 0.717) is 0 Å². The van der Waals surface area contributed by atoms with E-state index in [4.69, 9.17) is 4.74 Å². The number of ketones is 1. The van der Waals surface area contributed by atoms with Crippen LogP contribution >= 0.6 is 0 Å². The van der Waals surface area contributed by atoms with Gasteiger partial charge in [-0.15, -0.1) is 0 Å². The summed E-state index contributed by atoms with van der Waals surface area (Å²) in [6.07, 6.45) is 2.77. The first-order chi connectivity index (χ1) is 6.63. The molecule has 1 aliphatic rings. The number of nitrogens with one attached hydrogen (secondary N) is 2. The first-order valence-electron chi connectivity index (χ1n) is 3.75. The number of Topliss-reactive ketones (excluding diaryl/α,β-unsaturated/α-hetero) is 1. The summed E-state index contributed by atoms with van der Waals surface area (Å²) in [6.45, 7) is 1.23. The second-order valence-electron chi connectivity index (χ2n) is 2.45. The molecule has 0 aromatic carbocycles. The summed E-state index contributed by atoms with van der Waals surface area (Å²) in [5, 5.41) is 0. The molecule has 0 aromatic rings. The molecular weight excluding hydrogens is 188 g/mol. The van der Waals surface area contributed by atoms with Crippen LogP contribution < -0.4 is 10.9 Å². The normalized spacial score (nSPS) is 14.1. The van der Waals surface area contributed by atoms with Crippen molar-refractivity contribution in [3.63, 3.8) is 0 Å². The van der Waals surface area contributed by atoms with E-state index in [0.717, 1.165) is 0 Å². The Morgan fingerprint density at radius 2 is 2.21 bits per heavy atom. The van der Waals surface area contributed by atoms with E-state index in [2.05, 4.69) is 10.9 Å². The van der Waals surface area contributed by atoms with E-state index >= 15 is 0 Å². The van der Waals surface area contributed by atoms with Gasteiger partial charge in [-0.1, -0.05) is 0 Å². The molecule has 0 atom stereocenters. The van der Waals surface area contributed by atoms with Crippen LogP contribution in [0.5, 0.6) is 0 Å². The molecule has 0 spiro atoms. The van der Waals surface area contributed by atoms with Gasteiger partial charge in [-0.2, -0.15) is 0 Å². The third kappa shape index (κ3) is 2.44. The number of ether oxygens (including phenoxy) is 1. The van der Waals surface area contributed by atoms with Gasteiger partial charge in [0.25, 0.3) is 0 Å². The highest BCUT2D eigenvalue weighted by molar-refractivity contribution is 6.32. The number of rotatable bonds is 3. The number of allylic oxidation sites excluding steroid dienone is 2. The SMILES string of the molecule is CC(=O)OC1=CNNC(C(=O)C=O)=C1. The molecule has 0 unspecified atom stereocenters. The molecule has 6 nitrogen and oxygen atoms in total. The summed E-state index contributed by atoms with van der Waals surface area (Å²) in [4.78, 5) is 31.6. The zero-order valence-electron chi connectivity index (χ0n) is 7.37. The molecule has 0 aliphatic carbocycles. The maximum atomic E-state index is 10.9. The summed E-state index contributed by atoms with van der Waals surface area (Å²) in [6, 6.07) is 0. The molecule has 0 saturated carbocycles. The molecule has 0 amide bonds. The Labute approximate surface area is 79.6 Å². The van der Waals surface area contributed by atoms with Crippen LogP contribution in [0, 0.1) is 0 Å². The zero-order valence-corrected chi connectivity index (χ0v) is 7.37. The molecule has 0 radical (unpaired) electrons. The van der Waals surface area contributed by atoms with Gasteiger partial charge in [0.05, 0.1) is 6.20 Å². The molecule has 1 heterocycles. The molecule has 1 aliphatic heterocycles. The van der Waals surface area contributed by atoms with Gasteiger partial charge in [-0.3, -0.25) is 19.8 Å². The molecule has 1 rings (SSSR count).